The van der Waals surface area contributed by atoms with Crippen LogP contribution >= 0.6 is 31.9 Å². The van der Waals surface area contributed by atoms with Crippen LogP contribution in [0.2, 0.25) is 0 Å². The van der Waals surface area contributed by atoms with Gasteiger partial charge in [0, 0.05) is 36.4 Å². The highest BCUT2D eigenvalue weighted by Crippen LogP contribution is 2.33. The van der Waals surface area contributed by atoms with Gasteiger partial charge in [-0.3, -0.25) is 4.79 Å². The van der Waals surface area contributed by atoms with Crippen molar-refractivity contribution in [2.24, 2.45) is 0 Å². The average molecular weight is 458 g/mol. The van der Waals surface area contributed by atoms with Gasteiger partial charge in [0.1, 0.15) is 6.54 Å². The van der Waals surface area contributed by atoms with E-state index >= 15 is 0 Å². The Balaban J connectivity index is 1.79. The van der Waals surface area contributed by atoms with Gasteiger partial charge in [0.15, 0.2) is 0 Å². The molecule has 1 aromatic heterocycles. The molecule has 3 aromatic carbocycles. The summed E-state index contributed by atoms with van der Waals surface area (Å²) in [5.74, 6) is -0.0455. The molecular weight excluding hydrogens is 444 g/mol. The van der Waals surface area contributed by atoms with Gasteiger partial charge < -0.3 is 9.88 Å². The summed E-state index contributed by atoms with van der Waals surface area (Å²) in [6, 6.07) is 21.8. The Morgan fingerprint density at radius 3 is 1.96 bits per heavy atom. The Morgan fingerprint density at radius 2 is 1.40 bits per heavy atom. The van der Waals surface area contributed by atoms with Crippen LogP contribution in [0.4, 0.5) is 5.69 Å². The van der Waals surface area contributed by atoms with Crippen molar-refractivity contribution >= 4 is 65.3 Å². The van der Waals surface area contributed by atoms with Crippen LogP contribution in [-0.2, 0) is 11.3 Å². The minimum absolute atomic E-state index is 0.0455. The molecule has 0 saturated heterocycles. The quantitative estimate of drug-likeness (QED) is 0.404. The van der Waals surface area contributed by atoms with Gasteiger partial charge in [-0.25, -0.2) is 0 Å². The number of aromatic nitrogens is 1. The summed E-state index contributed by atoms with van der Waals surface area (Å²) in [5, 5.41) is 5.20. The van der Waals surface area contributed by atoms with Gasteiger partial charge in [0.25, 0.3) is 0 Å². The van der Waals surface area contributed by atoms with Crippen LogP contribution in [0.1, 0.15) is 0 Å². The minimum atomic E-state index is -0.0455. The van der Waals surface area contributed by atoms with E-state index in [-0.39, 0.29) is 12.5 Å². The maximum absolute atomic E-state index is 12.6. The van der Waals surface area contributed by atoms with Crippen molar-refractivity contribution in [1.29, 1.82) is 0 Å². The second kappa shape index (κ2) is 6.65. The number of nitrogens with zero attached hydrogens (tertiary/aromatic N) is 1. The highest BCUT2D eigenvalue weighted by Gasteiger charge is 2.14. The zero-order chi connectivity index (χ0) is 17.4. The fourth-order valence-electron chi connectivity index (χ4n) is 3.08. The summed E-state index contributed by atoms with van der Waals surface area (Å²) in [4.78, 5) is 12.6. The number of amides is 1. The number of rotatable bonds is 3. The van der Waals surface area contributed by atoms with Gasteiger partial charge in [-0.15, -0.1) is 0 Å². The Bertz CT molecular complexity index is 1030. The molecule has 5 heteroatoms. The highest BCUT2D eigenvalue weighted by atomic mass is 79.9. The number of nitrogens with one attached hydrogen (secondary N) is 1. The van der Waals surface area contributed by atoms with E-state index < -0.39 is 0 Å². The van der Waals surface area contributed by atoms with Crippen LogP contribution in [-0.4, -0.2) is 10.5 Å². The summed E-state index contributed by atoms with van der Waals surface area (Å²) in [5.41, 5.74) is 2.89. The molecule has 1 N–H and O–H groups in total. The summed E-state index contributed by atoms with van der Waals surface area (Å²) in [7, 11) is 0. The van der Waals surface area contributed by atoms with E-state index in [1.807, 2.05) is 54.6 Å². The Hall–Kier alpha value is -2.11. The Morgan fingerprint density at radius 1 is 0.840 bits per heavy atom. The lowest BCUT2D eigenvalue weighted by molar-refractivity contribution is -0.116. The second-order valence-electron chi connectivity index (χ2n) is 5.82. The third-order valence-corrected chi connectivity index (χ3v) is 5.13. The van der Waals surface area contributed by atoms with Crippen molar-refractivity contribution in [3.8, 4) is 0 Å². The number of carbonyl (C=O) groups is 1. The number of halogens is 2. The molecule has 0 fully saturated rings. The number of benzene rings is 3. The SMILES string of the molecule is O=C(Cn1c2ccc(Br)cc2c2cc(Br)ccc21)Nc1ccccc1. The van der Waals surface area contributed by atoms with Gasteiger partial charge in [-0.05, 0) is 48.5 Å². The molecule has 0 aliphatic carbocycles. The molecule has 0 unspecified atom stereocenters. The number of hydrogen-bond acceptors (Lipinski definition) is 1. The number of hydrogen-bond donors (Lipinski definition) is 1. The second-order valence-corrected chi connectivity index (χ2v) is 7.65. The Labute approximate surface area is 161 Å². The van der Waals surface area contributed by atoms with Crippen LogP contribution in [0.25, 0.3) is 21.8 Å². The molecular formula is C20H14Br2N2O. The first-order valence-corrected chi connectivity index (χ1v) is 9.42. The minimum Gasteiger partial charge on any atom is -0.331 e. The molecule has 25 heavy (non-hydrogen) atoms. The monoisotopic (exact) mass is 456 g/mol. The van der Waals surface area contributed by atoms with Gasteiger partial charge in [-0.1, -0.05) is 50.1 Å². The van der Waals surface area contributed by atoms with E-state index in [0.717, 1.165) is 36.4 Å². The molecule has 3 nitrogen and oxygen atoms in total. The van der Waals surface area contributed by atoms with Gasteiger partial charge in [0.05, 0.1) is 0 Å². The molecule has 4 aromatic rings. The van der Waals surface area contributed by atoms with Crippen molar-refractivity contribution in [3.63, 3.8) is 0 Å². The van der Waals surface area contributed by atoms with Gasteiger partial charge >= 0.3 is 0 Å². The Kier molecular flexibility index (Phi) is 4.36. The molecule has 0 atom stereocenters. The first-order valence-electron chi connectivity index (χ1n) is 7.84. The number of para-hydroxylation sites is 1. The summed E-state index contributed by atoms with van der Waals surface area (Å²) >= 11 is 7.08. The average Bonchev–Trinajstić information content (AvgIpc) is 2.88. The highest BCUT2D eigenvalue weighted by molar-refractivity contribution is 9.10. The fourth-order valence-corrected chi connectivity index (χ4v) is 3.81. The van der Waals surface area contributed by atoms with Crippen molar-refractivity contribution in [3.05, 3.63) is 75.7 Å². The molecule has 0 aliphatic heterocycles. The van der Waals surface area contributed by atoms with E-state index in [0.29, 0.717) is 0 Å². The zero-order valence-corrected chi connectivity index (χ0v) is 16.3. The number of carbonyl (C=O) groups excluding carboxylic acids is 1. The summed E-state index contributed by atoms with van der Waals surface area (Å²) in [6.07, 6.45) is 0. The molecule has 1 amide bonds. The molecule has 0 saturated carbocycles. The largest absolute Gasteiger partial charge is 0.331 e. The van der Waals surface area contributed by atoms with Crippen LogP contribution < -0.4 is 5.32 Å². The van der Waals surface area contributed by atoms with E-state index in [1.54, 1.807) is 0 Å². The van der Waals surface area contributed by atoms with E-state index in [1.165, 1.54) is 0 Å². The molecule has 0 bridgehead atoms. The smallest absolute Gasteiger partial charge is 0.244 e. The van der Waals surface area contributed by atoms with Crippen molar-refractivity contribution in [2.75, 3.05) is 5.32 Å². The predicted octanol–water partition coefficient (Wildman–Crippen LogP) is 5.96. The van der Waals surface area contributed by atoms with E-state index in [9.17, 15) is 4.79 Å². The normalized spacial score (nSPS) is 11.1. The maximum Gasteiger partial charge on any atom is 0.244 e. The van der Waals surface area contributed by atoms with Gasteiger partial charge in [0.2, 0.25) is 5.91 Å². The van der Waals surface area contributed by atoms with E-state index in [4.69, 9.17) is 0 Å². The first kappa shape index (κ1) is 16.4. The first-order chi connectivity index (χ1) is 12.1. The van der Waals surface area contributed by atoms with Crippen LogP contribution in [0.3, 0.4) is 0 Å². The molecule has 0 spiro atoms. The van der Waals surface area contributed by atoms with Gasteiger partial charge in [-0.2, -0.15) is 0 Å². The maximum atomic E-state index is 12.6. The lowest BCUT2D eigenvalue weighted by Gasteiger charge is -2.09. The molecule has 4 rings (SSSR count). The van der Waals surface area contributed by atoms with Crippen molar-refractivity contribution in [1.82, 2.24) is 4.57 Å². The predicted molar refractivity (Wildman–Crippen MR) is 110 cm³/mol. The number of fused-ring (bicyclic) bond motifs is 3. The molecule has 1 heterocycles. The lowest BCUT2D eigenvalue weighted by Crippen LogP contribution is -2.18. The summed E-state index contributed by atoms with van der Waals surface area (Å²) < 4.78 is 4.10. The van der Waals surface area contributed by atoms with Crippen LogP contribution in [0, 0.1) is 0 Å². The van der Waals surface area contributed by atoms with Crippen molar-refractivity contribution < 1.29 is 4.79 Å². The zero-order valence-electron chi connectivity index (χ0n) is 13.2. The lowest BCUT2D eigenvalue weighted by atomic mass is 10.2. The molecule has 0 radical (unpaired) electrons. The standard InChI is InChI=1S/C20H14Br2N2O/c21-13-6-8-18-16(10-13)17-11-14(22)7-9-19(17)24(18)12-20(25)23-15-4-2-1-3-5-15/h1-11H,12H2,(H,23,25). The van der Waals surface area contributed by atoms with Crippen LogP contribution in [0.5, 0.6) is 0 Å². The summed E-state index contributed by atoms with van der Waals surface area (Å²) in [6.45, 7) is 0.262. The van der Waals surface area contributed by atoms with Crippen LogP contribution in [0.15, 0.2) is 75.7 Å². The molecule has 124 valence electrons. The van der Waals surface area contributed by atoms with Crippen molar-refractivity contribution in [2.45, 2.75) is 6.54 Å². The number of anilines is 1. The third kappa shape index (κ3) is 3.22. The fraction of sp³-hybridized carbons (Fsp3) is 0.0500. The molecule has 0 aliphatic rings. The van der Waals surface area contributed by atoms with E-state index in [2.05, 4.69) is 53.9 Å². The topological polar surface area (TPSA) is 34.0 Å². The third-order valence-electron chi connectivity index (χ3n) is 4.15.